The molecule has 15 heavy (non-hydrogen) atoms. The van der Waals surface area contributed by atoms with Gasteiger partial charge in [0, 0.05) is 18.7 Å². The lowest BCUT2D eigenvalue weighted by Crippen LogP contribution is -2.21. The summed E-state index contributed by atoms with van der Waals surface area (Å²) < 4.78 is 0. The van der Waals surface area contributed by atoms with Gasteiger partial charge in [-0.25, -0.2) is 4.98 Å². The molecule has 1 aromatic heterocycles. The Balaban J connectivity index is 2.36. The normalized spacial score (nSPS) is 19.9. The molecule has 1 aliphatic heterocycles. The molecule has 80 valence electrons. The Kier molecular flexibility index (Phi) is 2.77. The molecule has 2 heterocycles. The average molecular weight is 226 g/mol. The van der Waals surface area contributed by atoms with Crippen molar-refractivity contribution < 1.29 is 4.79 Å². The zero-order chi connectivity index (χ0) is 10.8. The maximum atomic E-state index is 11.5. The summed E-state index contributed by atoms with van der Waals surface area (Å²) in [5.74, 6) is 0.689. The van der Waals surface area contributed by atoms with Gasteiger partial charge in [0.2, 0.25) is 5.91 Å². The van der Waals surface area contributed by atoms with E-state index in [2.05, 4.69) is 15.6 Å². The summed E-state index contributed by atoms with van der Waals surface area (Å²) >= 11 is 5.81. The van der Waals surface area contributed by atoms with Gasteiger partial charge in [-0.15, -0.1) is 0 Å². The highest BCUT2D eigenvalue weighted by Crippen LogP contribution is 2.26. The van der Waals surface area contributed by atoms with Crippen LogP contribution in [0.1, 0.15) is 19.8 Å². The highest BCUT2D eigenvalue weighted by molar-refractivity contribution is 6.30. The number of pyridine rings is 1. The van der Waals surface area contributed by atoms with Gasteiger partial charge in [-0.05, 0) is 12.5 Å². The molecule has 0 spiro atoms. The SMILES string of the molecule is CCC1CC(=O)Nc2cc(Cl)cnc2N1. The number of aromatic nitrogens is 1. The van der Waals surface area contributed by atoms with Crippen molar-refractivity contribution in [3.05, 3.63) is 17.3 Å². The molecular weight excluding hydrogens is 214 g/mol. The van der Waals surface area contributed by atoms with Crippen molar-refractivity contribution in [3.63, 3.8) is 0 Å². The Morgan fingerprint density at radius 3 is 3.20 bits per heavy atom. The molecule has 1 aliphatic rings. The maximum absolute atomic E-state index is 11.5. The molecular formula is C10H12ClN3O. The van der Waals surface area contributed by atoms with Crippen LogP contribution < -0.4 is 10.6 Å². The van der Waals surface area contributed by atoms with Crippen LogP contribution >= 0.6 is 11.6 Å². The van der Waals surface area contributed by atoms with Crippen molar-refractivity contribution in [2.24, 2.45) is 0 Å². The first-order valence-corrected chi connectivity index (χ1v) is 5.28. The predicted molar refractivity (Wildman–Crippen MR) is 60.2 cm³/mol. The quantitative estimate of drug-likeness (QED) is 0.771. The third-order valence-electron chi connectivity index (χ3n) is 2.39. The first-order valence-electron chi connectivity index (χ1n) is 4.91. The van der Waals surface area contributed by atoms with Crippen LogP contribution in [0.5, 0.6) is 0 Å². The van der Waals surface area contributed by atoms with Gasteiger partial charge < -0.3 is 10.6 Å². The minimum atomic E-state index is -0.00262. The van der Waals surface area contributed by atoms with Crippen molar-refractivity contribution in [3.8, 4) is 0 Å². The standard InChI is InChI=1S/C10H12ClN3O/c1-2-7-4-9(15)14-8-3-6(11)5-12-10(8)13-7/h3,5,7H,2,4H2,1H3,(H,12,13)(H,14,15). The number of fused-ring (bicyclic) bond motifs is 1. The summed E-state index contributed by atoms with van der Waals surface area (Å²) in [5, 5.41) is 6.51. The molecule has 0 aromatic carbocycles. The number of amides is 1. The zero-order valence-electron chi connectivity index (χ0n) is 8.38. The van der Waals surface area contributed by atoms with E-state index in [1.54, 1.807) is 12.3 Å². The summed E-state index contributed by atoms with van der Waals surface area (Å²) in [6.07, 6.45) is 2.92. The Morgan fingerprint density at radius 2 is 2.47 bits per heavy atom. The van der Waals surface area contributed by atoms with Crippen LogP contribution in [-0.2, 0) is 4.79 Å². The third-order valence-corrected chi connectivity index (χ3v) is 2.60. The monoisotopic (exact) mass is 225 g/mol. The van der Waals surface area contributed by atoms with Gasteiger partial charge >= 0.3 is 0 Å². The molecule has 0 saturated heterocycles. The lowest BCUT2D eigenvalue weighted by atomic mass is 10.1. The minimum Gasteiger partial charge on any atom is -0.365 e. The number of carbonyl (C=O) groups is 1. The number of halogens is 1. The van der Waals surface area contributed by atoms with Crippen LogP contribution in [0, 0.1) is 0 Å². The lowest BCUT2D eigenvalue weighted by molar-refractivity contribution is -0.116. The molecule has 1 unspecified atom stereocenters. The fraction of sp³-hybridized carbons (Fsp3) is 0.400. The van der Waals surface area contributed by atoms with E-state index in [-0.39, 0.29) is 11.9 Å². The number of hydrogen-bond donors (Lipinski definition) is 2. The van der Waals surface area contributed by atoms with Gasteiger partial charge in [-0.3, -0.25) is 4.79 Å². The van der Waals surface area contributed by atoms with Gasteiger partial charge in [0.1, 0.15) is 5.82 Å². The summed E-state index contributed by atoms with van der Waals surface area (Å²) in [5.41, 5.74) is 0.656. The van der Waals surface area contributed by atoms with Crippen molar-refractivity contribution in [1.82, 2.24) is 4.98 Å². The van der Waals surface area contributed by atoms with Gasteiger partial charge in [0.25, 0.3) is 0 Å². The topological polar surface area (TPSA) is 54.0 Å². The fourth-order valence-corrected chi connectivity index (χ4v) is 1.72. The molecule has 0 bridgehead atoms. The van der Waals surface area contributed by atoms with E-state index in [4.69, 9.17) is 11.6 Å². The van der Waals surface area contributed by atoms with E-state index in [1.165, 1.54) is 0 Å². The van der Waals surface area contributed by atoms with Crippen LogP contribution in [0.3, 0.4) is 0 Å². The molecule has 1 atom stereocenters. The summed E-state index contributed by atoms with van der Waals surface area (Å²) in [7, 11) is 0. The van der Waals surface area contributed by atoms with E-state index in [1.807, 2.05) is 6.92 Å². The minimum absolute atomic E-state index is 0.00262. The van der Waals surface area contributed by atoms with Crippen molar-refractivity contribution in [2.75, 3.05) is 10.6 Å². The van der Waals surface area contributed by atoms with Crippen LogP contribution in [-0.4, -0.2) is 16.9 Å². The number of nitrogens with one attached hydrogen (secondary N) is 2. The Hall–Kier alpha value is -1.29. The molecule has 5 heteroatoms. The van der Waals surface area contributed by atoms with Gasteiger partial charge in [0.05, 0.1) is 10.7 Å². The second kappa shape index (κ2) is 4.06. The predicted octanol–water partition coefficient (Wildman–Crippen LogP) is 2.27. The summed E-state index contributed by atoms with van der Waals surface area (Å²) in [6, 6.07) is 1.84. The molecule has 2 N–H and O–H groups in total. The molecule has 2 rings (SSSR count). The Morgan fingerprint density at radius 1 is 1.67 bits per heavy atom. The lowest BCUT2D eigenvalue weighted by Gasteiger charge is -2.13. The Bertz CT molecular complexity index is 394. The second-order valence-electron chi connectivity index (χ2n) is 3.55. The third kappa shape index (κ3) is 2.21. The van der Waals surface area contributed by atoms with Gasteiger partial charge in [0.15, 0.2) is 0 Å². The number of nitrogens with zero attached hydrogens (tertiary/aromatic N) is 1. The molecule has 1 amide bonds. The first kappa shape index (κ1) is 10.2. The fourth-order valence-electron chi connectivity index (χ4n) is 1.57. The van der Waals surface area contributed by atoms with Crippen molar-refractivity contribution >= 4 is 29.0 Å². The van der Waals surface area contributed by atoms with E-state index in [9.17, 15) is 4.79 Å². The smallest absolute Gasteiger partial charge is 0.226 e. The van der Waals surface area contributed by atoms with Crippen molar-refractivity contribution in [2.45, 2.75) is 25.8 Å². The number of hydrogen-bond acceptors (Lipinski definition) is 3. The van der Waals surface area contributed by atoms with Crippen LogP contribution in [0.25, 0.3) is 0 Å². The zero-order valence-corrected chi connectivity index (χ0v) is 9.14. The van der Waals surface area contributed by atoms with E-state index >= 15 is 0 Å². The molecule has 0 fully saturated rings. The average Bonchev–Trinajstić information content (AvgIpc) is 2.35. The van der Waals surface area contributed by atoms with Crippen molar-refractivity contribution in [1.29, 1.82) is 0 Å². The molecule has 1 aromatic rings. The van der Waals surface area contributed by atoms with E-state index in [0.717, 1.165) is 6.42 Å². The van der Waals surface area contributed by atoms with Crippen LogP contribution in [0.2, 0.25) is 5.02 Å². The number of rotatable bonds is 1. The van der Waals surface area contributed by atoms with E-state index < -0.39 is 0 Å². The Labute approximate surface area is 93.0 Å². The largest absolute Gasteiger partial charge is 0.365 e. The van der Waals surface area contributed by atoms with E-state index in [0.29, 0.717) is 22.9 Å². The molecule has 4 nitrogen and oxygen atoms in total. The summed E-state index contributed by atoms with van der Waals surface area (Å²) in [6.45, 7) is 2.03. The molecule has 0 radical (unpaired) electrons. The summed E-state index contributed by atoms with van der Waals surface area (Å²) in [4.78, 5) is 15.7. The maximum Gasteiger partial charge on any atom is 0.226 e. The molecule has 0 saturated carbocycles. The highest BCUT2D eigenvalue weighted by Gasteiger charge is 2.20. The second-order valence-corrected chi connectivity index (χ2v) is 3.99. The van der Waals surface area contributed by atoms with Gasteiger partial charge in [-0.1, -0.05) is 18.5 Å². The number of anilines is 2. The highest BCUT2D eigenvalue weighted by atomic mass is 35.5. The van der Waals surface area contributed by atoms with Crippen LogP contribution in [0.15, 0.2) is 12.3 Å². The number of carbonyl (C=O) groups excluding carboxylic acids is 1. The van der Waals surface area contributed by atoms with Crippen LogP contribution in [0.4, 0.5) is 11.5 Å². The molecule has 0 aliphatic carbocycles. The van der Waals surface area contributed by atoms with Gasteiger partial charge in [-0.2, -0.15) is 0 Å². The first-order chi connectivity index (χ1) is 7.19.